The lowest BCUT2D eigenvalue weighted by molar-refractivity contribution is 0.881. The predicted octanol–water partition coefficient (Wildman–Crippen LogP) is 2.83. The number of hydrogen-bond acceptors (Lipinski definition) is 5. The van der Waals surface area contributed by atoms with Gasteiger partial charge >= 0.3 is 0 Å². The summed E-state index contributed by atoms with van der Waals surface area (Å²) < 4.78 is 0. The van der Waals surface area contributed by atoms with Crippen LogP contribution in [0.1, 0.15) is 16.3 Å². The lowest BCUT2D eigenvalue weighted by atomic mass is 10.2. The van der Waals surface area contributed by atoms with Crippen LogP contribution in [0, 0.1) is 13.8 Å². The Labute approximate surface area is 112 Å². The summed E-state index contributed by atoms with van der Waals surface area (Å²) >= 11 is 1.77. The van der Waals surface area contributed by atoms with Gasteiger partial charge in [0.05, 0.1) is 6.54 Å². The third-order valence-corrected chi connectivity index (χ3v) is 3.66. The van der Waals surface area contributed by atoms with Gasteiger partial charge in [-0.15, -0.1) is 11.3 Å². The third-order valence-electron chi connectivity index (χ3n) is 2.80. The van der Waals surface area contributed by atoms with Crippen molar-refractivity contribution in [1.82, 2.24) is 9.97 Å². The molecule has 1 N–H and O–H groups in total. The topological polar surface area (TPSA) is 41.1 Å². The van der Waals surface area contributed by atoms with E-state index in [1.807, 2.05) is 20.9 Å². The van der Waals surface area contributed by atoms with Crippen molar-refractivity contribution in [1.29, 1.82) is 0 Å². The first kappa shape index (κ1) is 12.8. The van der Waals surface area contributed by atoms with Crippen LogP contribution < -0.4 is 10.2 Å². The minimum absolute atomic E-state index is 0.790. The predicted molar refractivity (Wildman–Crippen MR) is 77.5 cm³/mol. The van der Waals surface area contributed by atoms with Gasteiger partial charge in [-0.25, -0.2) is 9.97 Å². The molecule has 0 aliphatic rings. The van der Waals surface area contributed by atoms with E-state index in [0.29, 0.717) is 0 Å². The average molecular weight is 262 g/mol. The van der Waals surface area contributed by atoms with E-state index in [1.165, 1.54) is 4.88 Å². The number of aryl methyl sites for hydroxylation is 1. The fourth-order valence-corrected chi connectivity index (χ4v) is 2.70. The van der Waals surface area contributed by atoms with Gasteiger partial charge in [-0.1, -0.05) is 6.07 Å². The van der Waals surface area contributed by atoms with E-state index in [-0.39, 0.29) is 0 Å². The molecule has 0 fully saturated rings. The second-order valence-corrected chi connectivity index (χ2v) is 5.29. The maximum absolute atomic E-state index is 4.54. The molecule has 2 aromatic heterocycles. The van der Waals surface area contributed by atoms with E-state index >= 15 is 0 Å². The molecule has 0 aliphatic carbocycles. The van der Waals surface area contributed by atoms with Gasteiger partial charge in [0.2, 0.25) is 0 Å². The van der Waals surface area contributed by atoms with Crippen LogP contribution in [-0.4, -0.2) is 24.1 Å². The summed E-state index contributed by atoms with van der Waals surface area (Å²) in [4.78, 5) is 12.4. The molecular formula is C13H18N4S. The second-order valence-electron chi connectivity index (χ2n) is 4.25. The summed E-state index contributed by atoms with van der Waals surface area (Å²) in [6.07, 6.45) is 0. The number of aromatic nitrogens is 2. The van der Waals surface area contributed by atoms with Gasteiger partial charge < -0.3 is 10.2 Å². The van der Waals surface area contributed by atoms with Crippen molar-refractivity contribution in [2.45, 2.75) is 20.4 Å². The molecule has 0 radical (unpaired) electrons. The molecule has 2 rings (SSSR count). The van der Waals surface area contributed by atoms with Crippen molar-refractivity contribution in [3.8, 4) is 0 Å². The van der Waals surface area contributed by atoms with E-state index < -0.39 is 0 Å². The largest absolute Gasteiger partial charge is 0.373 e. The molecule has 4 nitrogen and oxygen atoms in total. The van der Waals surface area contributed by atoms with Crippen LogP contribution in [0.5, 0.6) is 0 Å². The van der Waals surface area contributed by atoms with E-state index in [0.717, 1.165) is 29.6 Å². The van der Waals surface area contributed by atoms with E-state index in [4.69, 9.17) is 0 Å². The fraction of sp³-hybridized carbons (Fsp3) is 0.385. The molecule has 96 valence electrons. The SMILES string of the molecule is CNc1nc(C)nc(N(C)Cc2cccs2)c1C. The first-order chi connectivity index (χ1) is 8.61. The quantitative estimate of drug-likeness (QED) is 0.920. The number of nitrogens with zero attached hydrogens (tertiary/aromatic N) is 3. The van der Waals surface area contributed by atoms with Crippen LogP contribution in [0.3, 0.4) is 0 Å². The Morgan fingerprint density at radius 2 is 2.11 bits per heavy atom. The van der Waals surface area contributed by atoms with Gasteiger partial charge in [-0.05, 0) is 25.3 Å². The minimum Gasteiger partial charge on any atom is -0.373 e. The number of thiophene rings is 1. The van der Waals surface area contributed by atoms with Crippen molar-refractivity contribution in [3.05, 3.63) is 33.8 Å². The Balaban J connectivity index is 2.29. The smallest absolute Gasteiger partial charge is 0.137 e. The van der Waals surface area contributed by atoms with Gasteiger partial charge in [-0.2, -0.15) is 0 Å². The van der Waals surface area contributed by atoms with Gasteiger partial charge in [0.1, 0.15) is 17.5 Å². The van der Waals surface area contributed by atoms with Gasteiger partial charge in [0.25, 0.3) is 0 Å². The molecule has 0 aliphatic heterocycles. The van der Waals surface area contributed by atoms with Crippen LogP contribution in [-0.2, 0) is 6.54 Å². The maximum Gasteiger partial charge on any atom is 0.137 e. The van der Waals surface area contributed by atoms with Crippen molar-refractivity contribution >= 4 is 23.0 Å². The molecule has 0 saturated carbocycles. The number of nitrogens with one attached hydrogen (secondary N) is 1. The first-order valence-corrected chi connectivity index (χ1v) is 6.76. The molecule has 5 heteroatoms. The zero-order chi connectivity index (χ0) is 13.1. The molecular weight excluding hydrogens is 244 g/mol. The van der Waals surface area contributed by atoms with E-state index in [1.54, 1.807) is 11.3 Å². The molecule has 0 spiro atoms. The van der Waals surface area contributed by atoms with Crippen molar-refractivity contribution in [2.24, 2.45) is 0 Å². The van der Waals surface area contributed by atoms with Gasteiger partial charge in [-0.3, -0.25) is 0 Å². The van der Waals surface area contributed by atoms with Crippen molar-refractivity contribution in [2.75, 3.05) is 24.3 Å². The third kappa shape index (κ3) is 2.61. The number of anilines is 2. The van der Waals surface area contributed by atoms with Crippen molar-refractivity contribution in [3.63, 3.8) is 0 Å². The highest BCUT2D eigenvalue weighted by molar-refractivity contribution is 7.09. The summed E-state index contributed by atoms with van der Waals surface area (Å²) in [5.74, 6) is 2.67. The summed E-state index contributed by atoms with van der Waals surface area (Å²) in [6, 6.07) is 4.22. The summed E-state index contributed by atoms with van der Waals surface area (Å²) in [6.45, 7) is 4.84. The van der Waals surface area contributed by atoms with E-state index in [9.17, 15) is 0 Å². The Bertz CT molecular complexity index is 522. The van der Waals surface area contributed by atoms with Crippen molar-refractivity contribution < 1.29 is 0 Å². The van der Waals surface area contributed by atoms with Crippen LogP contribution >= 0.6 is 11.3 Å². The molecule has 0 atom stereocenters. The molecule has 0 aromatic carbocycles. The lowest BCUT2D eigenvalue weighted by Gasteiger charge is -2.21. The minimum atomic E-state index is 0.790. The normalized spacial score (nSPS) is 10.4. The molecule has 2 aromatic rings. The zero-order valence-corrected chi connectivity index (χ0v) is 12.0. The van der Waals surface area contributed by atoms with Crippen LogP contribution in [0.25, 0.3) is 0 Å². The molecule has 0 amide bonds. The van der Waals surface area contributed by atoms with Gasteiger partial charge in [0.15, 0.2) is 0 Å². The lowest BCUT2D eigenvalue weighted by Crippen LogP contribution is -2.19. The molecule has 0 bridgehead atoms. The van der Waals surface area contributed by atoms with Crippen LogP contribution in [0.4, 0.5) is 11.6 Å². The summed E-state index contributed by atoms with van der Waals surface area (Å²) in [5, 5.41) is 5.21. The second kappa shape index (κ2) is 5.35. The van der Waals surface area contributed by atoms with Crippen LogP contribution in [0.15, 0.2) is 17.5 Å². The fourth-order valence-electron chi connectivity index (χ4n) is 1.94. The number of hydrogen-bond donors (Lipinski definition) is 1. The Morgan fingerprint density at radius 1 is 1.33 bits per heavy atom. The van der Waals surface area contributed by atoms with Gasteiger partial charge in [0, 0.05) is 24.5 Å². The molecule has 0 saturated heterocycles. The highest BCUT2D eigenvalue weighted by Gasteiger charge is 2.12. The summed E-state index contributed by atoms with van der Waals surface area (Å²) in [7, 11) is 3.95. The first-order valence-electron chi connectivity index (χ1n) is 5.88. The standard InChI is InChI=1S/C13H18N4S/c1-9-12(14-3)15-10(2)16-13(9)17(4)8-11-6-5-7-18-11/h5-7H,8H2,1-4H3,(H,14,15,16). The zero-order valence-electron chi connectivity index (χ0n) is 11.2. The Kier molecular flexibility index (Phi) is 3.81. The molecule has 2 heterocycles. The molecule has 18 heavy (non-hydrogen) atoms. The highest BCUT2D eigenvalue weighted by Crippen LogP contribution is 2.24. The molecule has 0 unspecified atom stereocenters. The monoisotopic (exact) mass is 262 g/mol. The Morgan fingerprint density at radius 3 is 2.72 bits per heavy atom. The highest BCUT2D eigenvalue weighted by atomic mass is 32.1. The van der Waals surface area contributed by atoms with Crippen LogP contribution in [0.2, 0.25) is 0 Å². The summed E-state index contributed by atoms with van der Waals surface area (Å²) in [5.41, 5.74) is 1.09. The number of rotatable bonds is 4. The Hall–Kier alpha value is -1.62. The average Bonchev–Trinajstić information content (AvgIpc) is 2.84. The van der Waals surface area contributed by atoms with E-state index in [2.05, 4.69) is 44.7 Å². The maximum atomic E-state index is 4.54.